The summed E-state index contributed by atoms with van der Waals surface area (Å²) in [6.45, 7) is 0.123. The highest BCUT2D eigenvalue weighted by Crippen LogP contribution is 2.48. The number of carbonyl (C=O) groups is 2. The van der Waals surface area contributed by atoms with Gasteiger partial charge in [0.05, 0.1) is 15.8 Å². The molecule has 0 bridgehead atoms. The van der Waals surface area contributed by atoms with Crippen molar-refractivity contribution in [2.24, 2.45) is 0 Å². The predicted octanol–water partition coefficient (Wildman–Crippen LogP) is 7.68. The van der Waals surface area contributed by atoms with Crippen LogP contribution in [0.1, 0.15) is 24.0 Å². The van der Waals surface area contributed by atoms with Crippen molar-refractivity contribution >= 4 is 40.5 Å². The van der Waals surface area contributed by atoms with E-state index in [9.17, 15) is 14.7 Å². The molecular weight excluding hydrogens is 516 g/mol. The van der Waals surface area contributed by atoms with Gasteiger partial charge in [0.1, 0.15) is 12.3 Å². The zero-order valence-corrected chi connectivity index (χ0v) is 21.4. The van der Waals surface area contributed by atoms with Crippen LogP contribution in [0.5, 0.6) is 0 Å². The smallest absolute Gasteiger partial charge is 0.412 e. The number of anilines is 1. The standard InChI is InChI=1S/C31H23ClN2O5/c32-24-16-25-26(34-30(37)38-18-19-4-2-1-3-5-19)27(39-28(25)33-17-24)22-8-6-20(7-9-22)21-10-12-23(13-11-21)31(14-15-31)29(35)36/h1-13,16-17H,14-15,18H2,(H,34,37)(H,35,36). The van der Waals surface area contributed by atoms with Crippen LogP contribution < -0.4 is 5.32 Å². The number of aromatic nitrogens is 1. The number of hydrogen-bond acceptors (Lipinski definition) is 5. The van der Waals surface area contributed by atoms with Gasteiger partial charge in [0.15, 0.2) is 5.76 Å². The zero-order valence-electron chi connectivity index (χ0n) is 20.7. The molecule has 3 aromatic carbocycles. The second-order valence-corrected chi connectivity index (χ2v) is 9.98. The lowest BCUT2D eigenvalue weighted by Gasteiger charge is -2.11. The molecule has 8 heteroatoms. The Morgan fingerprint density at radius 1 is 0.949 bits per heavy atom. The van der Waals surface area contributed by atoms with Crippen LogP contribution in [0.2, 0.25) is 5.02 Å². The molecule has 1 aliphatic carbocycles. The second-order valence-electron chi connectivity index (χ2n) is 9.54. The van der Waals surface area contributed by atoms with Crippen LogP contribution in [0, 0.1) is 0 Å². The number of halogens is 1. The topological polar surface area (TPSA) is 102 Å². The zero-order chi connectivity index (χ0) is 27.0. The van der Waals surface area contributed by atoms with E-state index in [0.717, 1.165) is 27.8 Å². The van der Waals surface area contributed by atoms with Gasteiger partial charge in [-0.15, -0.1) is 0 Å². The number of carboxylic acid groups (broad SMARTS) is 1. The summed E-state index contributed by atoms with van der Waals surface area (Å²) >= 11 is 6.19. The molecule has 2 aromatic heterocycles. The number of ether oxygens (including phenoxy) is 1. The summed E-state index contributed by atoms with van der Waals surface area (Å²) in [7, 11) is 0. The Morgan fingerprint density at radius 2 is 1.59 bits per heavy atom. The predicted molar refractivity (Wildman–Crippen MR) is 149 cm³/mol. The molecule has 2 heterocycles. The summed E-state index contributed by atoms with van der Waals surface area (Å²) < 4.78 is 11.5. The van der Waals surface area contributed by atoms with Crippen LogP contribution in [0.25, 0.3) is 33.6 Å². The summed E-state index contributed by atoms with van der Waals surface area (Å²) in [6, 6.07) is 26.4. The molecule has 0 spiro atoms. The summed E-state index contributed by atoms with van der Waals surface area (Å²) in [5, 5.41) is 13.3. The molecule has 5 aromatic rings. The molecular formula is C31H23ClN2O5. The van der Waals surface area contributed by atoms with E-state index in [-0.39, 0.29) is 6.61 Å². The number of nitrogens with one attached hydrogen (secondary N) is 1. The lowest BCUT2D eigenvalue weighted by molar-refractivity contribution is -0.140. The van der Waals surface area contributed by atoms with Crippen LogP contribution in [-0.4, -0.2) is 22.2 Å². The average molecular weight is 539 g/mol. The molecule has 2 N–H and O–H groups in total. The number of carbonyl (C=O) groups excluding carboxylic acids is 1. The second kappa shape index (κ2) is 9.93. The number of nitrogens with zero attached hydrogens (tertiary/aromatic N) is 1. The van der Waals surface area contributed by atoms with Crippen molar-refractivity contribution in [3.63, 3.8) is 0 Å². The van der Waals surface area contributed by atoms with E-state index in [2.05, 4.69) is 10.3 Å². The van der Waals surface area contributed by atoms with Crippen molar-refractivity contribution in [1.82, 2.24) is 4.98 Å². The fourth-order valence-electron chi connectivity index (χ4n) is 4.69. The first-order valence-corrected chi connectivity index (χ1v) is 12.8. The maximum absolute atomic E-state index is 12.7. The Labute approximate surface area is 229 Å². The SMILES string of the molecule is O=C(Nc1c(-c2ccc(-c3ccc(C4(C(=O)O)CC4)cc3)cc2)oc2ncc(Cl)cc12)OCc1ccccc1. The van der Waals surface area contributed by atoms with Crippen molar-refractivity contribution in [1.29, 1.82) is 0 Å². The van der Waals surface area contributed by atoms with E-state index in [4.69, 9.17) is 20.8 Å². The summed E-state index contributed by atoms with van der Waals surface area (Å²) in [5.74, 6) is -0.343. The van der Waals surface area contributed by atoms with Crippen molar-refractivity contribution in [3.05, 3.63) is 107 Å². The lowest BCUT2D eigenvalue weighted by Crippen LogP contribution is -2.19. The largest absolute Gasteiger partial charge is 0.481 e. The minimum Gasteiger partial charge on any atom is -0.481 e. The summed E-state index contributed by atoms with van der Waals surface area (Å²) in [6.07, 6.45) is 2.19. The highest BCUT2D eigenvalue weighted by molar-refractivity contribution is 6.31. The van der Waals surface area contributed by atoms with E-state index in [1.807, 2.05) is 78.9 Å². The molecule has 7 nitrogen and oxygen atoms in total. The van der Waals surface area contributed by atoms with E-state index < -0.39 is 17.5 Å². The van der Waals surface area contributed by atoms with Crippen molar-refractivity contribution < 1.29 is 23.8 Å². The molecule has 0 unspecified atom stereocenters. The molecule has 1 aliphatic rings. The fourth-order valence-corrected chi connectivity index (χ4v) is 4.85. The highest BCUT2D eigenvalue weighted by Gasteiger charge is 2.51. The molecule has 0 atom stereocenters. The quantitative estimate of drug-likeness (QED) is 0.220. The third-order valence-electron chi connectivity index (χ3n) is 7.03. The maximum atomic E-state index is 12.7. The monoisotopic (exact) mass is 538 g/mol. The molecule has 6 rings (SSSR count). The van der Waals surface area contributed by atoms with Gasteiger partial charge >= 0.3 is 12.1 Å². The summed E-state index contributed by atoms with van der Waals surface area (Å²) in [4.78, 5) is 28.6. The number of amides is 1. The average Bonchev–Trinajstić information content (AvgIpc) is 3.71. The van der Waals surface area contributed by atoms with Gasteiger partial charge in [-0.3, -0.25) is 10.1 Å². The Morgan fingerprint density at radius 3 is 2.23 bits per heavy atom. The van der Waals surface area contributed by atoms with Gasteiger partial charge in [-0.25, -0.2) is 9.78 Å². The van der Waals surface area contributed by atoms with Crippen LogP contribution in [-0.2, 0) is 21.6 Å². The molecule has 0 radical (unpaired) electrons. The third kappa shape index (κ3) is 4.84. The number of pyridine rings is 1. The molecule has 1 saturated carbocycles. The maximum Gasteiger partial charge on any atom is 0.412 e. The van der Waals surface area contributed by atoms with E-state index >= 15 is 0 Å². The Bertz CT molecular complexity index is 1670. The number of carboxylic acids is 1. The molecule has 1 amide bonds. The summed E-state index contributed by atoms with van der Waals surface area (Å²) in [5.41, 5.74) is 4.37. The van der Waals surface area contributed by atoms with Gasteiger partial charge in [-0.05, 0) is 41.2 Å². The number of rotatable bonds is 7. The Hall–Kier alpha value is -4.62. The van der Waals surface area contributed by atoms with Gasteiger partial charge < -0.3 is 14.3 Å². The van der Waals surface area contributed by atoms with E-state index in [0.29, 0.717) is 40.4 Å². The van der Waals surface area contributed by atoms with Crippen LogP contribution in [0.15, 0.2) is 95.5 Å². The van der Waals surface area contributed by atoms with Crippen molar-refractivity contribution in [2.45, 2.75) is 24.9 Å². The van der Waals surface area contributed by atoms with Crippen molar-refractivity contribution in [2.75, 3.05) is 5.32 Å². The molecule has 1 fully saturated rings. The minimum absolute atomic E-state index is 0.123. The number of aliphatic carboxylic acids is 1. The van der Waals surface area contributed by atoms with Gasteiger partial charge in [-0.1, -0.05) is 90.5 Å². The van der Waals surface area contributed by atoms with Crippen LogP contribution >= 0.6 is 11.6 Å². The van der Waals surface area contributed by atoms with Crippen LogP contribution in [0.4, 0.5) is 10.5 Å². The number of fused-ring (bicyclic) bond motifs is 1. The van der Waals surface area contributed by atoms with Crippen LogP contribution in [0.3, 0.4) is 0 Å². The molecule has 39 heavy (non-hydrogen) atoms. The van der Waals surface area contributed by atoms with Crippen molar-refractivity contribution in [3.8, 4) is 22.5 Å². The number of furan rings is 1. The first-order chi connectivity index (χ1) is 18.9. The number of benzene rings is 3. The number of hydrogen-bond donors (Lipinski definition) is 2. The minimum atomic E-state index is -0.769. The Balaban J connectivity index is 1.26. The third-order valence-corrected chi connectivity index (χ3v) is 7.24. The fraction of sp³-hybridized carbons (Fsp3) is 0.129. The lowest BCUT2D eigenvalue weighted by atomic mass is 9.93. The Kier molecular flexibility index (Phi) is 6.29. The molecule has 0 aliphatic heterocycles. The molecule has 194 valence electrons. The van der Waals surface area contributed by atoms with Gasteiger partial charge in [0.2, 0.25) is 5.71 Å². The first kappa shape index (κ1) is 24.7. The normalized spacial score (nSPS) is 13.7. The first-order valence-electron chi connectivity index (χ1n) is 12.4. The van der Waals surface area contributed by atoms with E-state index in [1.165, 1.54) is 6.20 Å². The van der Waals surface area contributed by atoms with E-state index in [1.54, 1.807) is 6.07 Å². The van der Waals surface area contributed by atoms with Gasteiger partial charge in [0, 0.05) is 11.8 Å². The highest BCUT2D eigenvalue weighted by atomic mass is 35.5. The van der Waals surface area contributed by atoms with Gasteiger partial charge in [0.25, 0.3) is 0 Å². The molecule has 0 saturated heterocycles. The van der Waals surface area contributed by atoms with Gasteiger partial charge in [-0.2, -0.15) is 0 Å².